The molecule has 0 atom stereocenters. The molecule has 11 aromatic rings. The van der Waals surface area contributed by atoms with Crippen molar-refractivity contribution >= 4 is 76.7 Å². The van der Waals surface area contributed by atoms with Gasteiger partial charge in [-0.3, -0.25) is 8.80 Å². The number of rotatable bonds is 2. The van der Waals surface area contributed by atoms with Gasteiger partial charge in [0.2, 0.25) is 0 Å². The Morgan fingerprint density at radius 2 is 0.750 bits per heavy atom. The van der Waals surface area contributed by atoms with Crippen LogP contribution in [0.25, 0.3) is 99.2 Å². The van der Waals surface area contributed by atoms with Crippen molar-refractivity contribution < 1.29 is 0 Å². The minimum absolute atomic E-state index is 0.923. The molecule has 5 aromatic heterocycles. The van der Waals surface area contributed by atoms with Crippen molar-refractivity contribution in [2.75, 3.05) is 0 Å². The van der Waals surface area contributed by atoms with Crippen LogP contribution in [0.15, 0.2) is 152 Å². The highest BCUT2D eigenvalue weighted by molar-refractivity contribution is 6.16. The number of pyridine rings is 3. The van der Waals surface area contributed by atoms with Crippen LogP contribution in [-0.4, -0.2) is 23.8 Å². The number of hydrogen-bond acceptors (Lipinski definition) is 3. The van der Waals surface area contributed by atoms with E-state index in [1.165, 1.54) is 21.5 Å². The van der Waals surface area contributed by atoms with Gasteiger partial charge in [-0.15, -0.1) is 0 Å². The minimum Gasteiger partial charge on any atom is -0.292 e. The van der Waals surface area contributed by atoms with Crippen LogP contribution in [0, 0.1) is 0 Å². The van der Waals surface area contributed by atoms with Crippen molar-refractivity contribution in [3.05, 3.63) is 152 Å². The molecule has 5 nitrogen and oxygen atoms in total. The van der Waals surface area contributed by atoms with Crippen molar-refractivity contribution in [1.29, 1.82) is 0 Å². The highest BCUT2D eigenvalue weighted by Gasteiger charge is 2.17. The summed E-state index contributed by atoms with van der Waals surface area (Å²) in [5.74, 6) is 0. The highest BCUT2D eigenvalue weighted by Crippen LogP contribution is 2.37. The van der Waals surface area contributed by atoms with Crippen molar-refractivity contribution in [3.63, 3.8) is 0 Å². The molecule has 0 amide bonds. The zero-order valence-corrected chi connectivity index (χ0v) is 25.7. The van der Waals surface area contributed by atoms with Crippen LogP contribution >= 0.6 is 0 Å². The van der Waals surface area contributed by atoms with Gasteiger partial charge in [0.25, 0.3) is 0 Å². The molecule has 5 heterocycles. The molecule has 0 spiro atoms. The van der Waals surface area contributed by atoms with Gasteiger partial charge in [0, 0.05) is 32.7 Å². The summed E-state index contributed by atoms with van der Waals surface area (Å²) in [6, 6.07) is 53.5. The number of benzene rings is 6. The zero-order chi connectivity index (χ0) is 31.3. The number of para-hydroxylation sites is 6. The summed E-state index contributed by atoms with van der Waals surface area (Å²) in [6.45, 7) is 0. The van der Waals surface area contributed by atoms with Gasteiger partial charge < -0.3 is 0 Å². The molecule has 5 heteroatoms. The Hall–Kier alpha value is -6.59. The van der Waals surface area contributed by atoms with E-state index in [0.29, 0.717) is 0 Å². The van der Waals surface area contributed by atoms with E-state index in [2.05, 4.69) is 160 Å². The molecule has 0 saturated carbocycles. The van der Waals surface area contributed by atoms with Crippen LogP contribution in [0.3, 0.4) is 0 Å². The number of hydrogen-bond donors (Lipinski definition) is 0. The molecule has 222 valence electrons. The molecule has 48 heavy (non-hydrogen) atoms. The summed E-state index contributed by atoms with van der Waals surface area (Å²) in [5, 5.41) is 7.01. The summed E-state index contributed by atoms with van der Waals surface area (Å²) in [7, 11) is 0. The zero-order valence-electron chi connectivity index (χ0n) is 25.7. The summed E-state index contributed by atoms with van der Waals surface area (Å²) < 4.78 is 4.58. The second kappa shape index (κ2) is 9.47. The Labute approximate surface area is 274 Å². The molecule has 0 aliphatic rings. The quantitative estimate of drug-likeness (QED) is 0.183. The molecule has 11 rings (SSSR count). The molecular weight excluding hydrogens is 587 g/mol. The van der Waals surface area contributed by atoms with Gasteiger partial charge in [-0.25, -0.2) is 15.0 Å². The molecule has 0 fully saturated rings. The molecule has 0 aliphatic heterocycles. The van der Waals surface area contributed by atoms with E-state index >= 15 is 0 Å². The maximum absolute atomic E-state index is 5.24. The summed E-state index contributed by atoms with van der Waals surface area (Å²) in [5.41, 5.74) is 12.4. The third-order valence-electron chi connectivity index (χ3n) is 9.85. The monoisotopic (exact) mass is 611 g/mol. The van der Waals surface area contributed by atoms with Crippen molar-refractivity contribution in [3.8, 4) is 22.5 Å². The fourth-order valence-corrected chi connectivity index (χ4v) is 7.70. The summed E-state index contributed by atoms with van der Waals surface area (Å²) in [6.07, 6.45) is 0. The molecular formula is C43H25N5. The Kier molecular flexibility index (Phi) is 5.05. The fraction of sp³-hybridized carbons (Fsp3) is 0. The second-order valence-electron chi connectivity index (χ2n) is 12.5. The largest absolute Gasteiger partial charge is 0.292 e. The second-order valence-corrected chi connectivity index (χ2v) is 12.5. The maximum atomic E-state index is 5.24. The van der Waals surface area contributed by atoms with Crippen molar-refractivity contribution in [1.82, 2.24) is 23.8 Å². The molecule has 0 bridgehead atoms. The minimum atomic E-state index is 0.923. The van der Waals surface area contributed by atoms with Crippen molar-refractivity contribution in [2.45, 2.75) is 0 Å². The Balaban J connectivity index is 1.12. The first-order valence-electron chi connectivity index (χ1n) is 16.2. The average Bonchev–Trinajstić information content (AvgIpc) is 3.75. The number of fused-ring (bicyclic) bond motifs is 16. The summed E-state index contributed by atoms with van der Waals surface area (Å²) in [4.78, 5) is 15.5. The third kappa shape index (κ3) is 3.47. The van der Waals surface area contributed by atoms with Gasteiger partial charge in [-0.2, -0.15) is 0 Å². The van der Waals surface area contributed by atoms with E-state index in [9.17, 15) is 0 Å². The molecule has 0 unspecified atom stereocenters. The Morgan fingerprint density at radius 3 is 1.25 bits per heavy atom. The normalized spacial score (nSPS) is 12.2. The SMILES string of the molecule is c1cc(-c2ccc3c4ccccc4n4c5ccccc5nc4c3c2)nc(-c2ccc3c4ccccc4n4c5ccccc5nc4c3c2)c1. The standard InChI is InChI=1S/C43H25N5/c1-5-16-38-30(10-1)28-22-20-26(24-32(28)42-45-36-12-3-7-18-40(36)47(38)42)34-14-9-15-35(44-34)27-21-23-29-31-11-2-6-17-39(31)48-41-19-8-4-13-37(41)46-43(48)33(29)25-27/h1-25H. The van der Waals surface area contributed by atoms with Crippen LogP contribution in [0.5, 0.6) is 0 Å². The van der Waals surface area contributed by atoms with E-state index in [1.807, 2.05) is 0 Å². The Morgan fingerprint density at radius 1 is 0.312 bits per heavy atom. The maximum Gasteiger partial charge on any atom is 0.146 e. The topological polar surface area (TPSA) is 47.5 Å². The van der Waals surface area contributed by atoms with Gasteiger partial charge in [0.05, 0.1) is 44.5 Å². The smallest absolute Gasteiger partial charge is 0.146 e. The lowest BCUT2D eigenvalue weighted by Gasteiger charge is -2.12. The molecule has 0 N–H and O–H groups in total. The lowest BCUT2D eigenvalue weighted by molar-refractivity contribution is 1.31. The summed E-state index contributed by atoms with van der Waals surface area (Å²) >= 11 is 0. The highest BCUT2D eigenvalue weighted by atomic mass is 15.0. The lowest BCUT2D eigenvalue weighted by Crippen LogP contribution is -1.93. The van der Waals surface area contributed by atoms with Crippen LogP contribution in [0.2, 0.25) is 0 Å². The fourth-order valence-electron chi connectivity index (χ4n) is 7.70. The predicted molar refractivity (Wildman–Crippen MR) is 198 cm³/mol. The van der Waals surface area contributed by atoms with E-state index in [0.717, 1.165) is 77.7 Å². The Bertz CT molecular complexity index is 2920. The van der Waals surface area contributed by atoms with Crippen LogP contribution in [0.4, 0.5) is 0 Å². The van der Waals surface area contributed by atoms with Crippen LogP contribution in [0.1, 0.15) is 0 Å². The van der Waals surface area contributed by atoms with Crippen LogP contribution < -0.4 is 0 Å². The first-order chi connectivity index (χ1) is 23.8. The van der Waals surface area contributed by atoms with E-state index in [-0.39, 0.29) is 0 Å². The third-order valence-corrected chi connectivity index (χ3v) is 9.85. The molecule has 0 aliphatic carbocycles. The van der Waals surface area contributed by atoms with Gasteiger partial charge >= 0.3 is 0 Å². The van der Waals surface area contributed by atoms with Crippen molar-refractivity contribution in [2.24, 2.45) is 0 Å². The van der Waals surface area contributed by atoms with Gasteiger partial charge in [0.15, 0.2) is 0 Å². The van der Waals surface area contributed by atoms with Crippen LogP contribution in [-0.2, 0) is 0 Å². The molecule has 0 saturated heterocycles. The molecule has 0 radical (unpaired) electrons. The van der Waals surface area contributed by atoms with E-state index in [4.69, 9.17) is 15.0 Å². The molecule has 6 aromatic carbocycles. The van der Waals surface area contributed by atoms with E-state index < -0.39 is 0 Å². The predicted octanol–water partition coefficient (Wildman–Crippen LogP) is 10.6. The average molecular weight is 612 g/mol. The number of nitrogens with zero attached hydrogens (tertiary/aromatic N) is 5. The van der Waals surface area contributed by atoms with Gasteiger partial charge in [-0.05, 0) is 71.4 Å². The number of aromatic nitrogens is 5. The van der Waals surface area contributed by atoms with Gasteiger partial charge in [-0.1, -0.05) is 91.0 Å². The lowest BCUT2D eigenvalue weighted by atomic mass is 10.00. The first kappa shape index (κ1) is 25.6. The first-order valence-corrected chi connectivity index (χ1v) is 16.2. The van der Waals surface area contributed by atoms with Gasteiger partial charge in [0.1, 0.15) is 11.3 Å². The van der Waals surface area contributed by atoms with E-state index in [1.54, 1.807) is 0 Å². The number of imidazole rings is 2.